The lowest BCUT2D eigenvalue weighted by Gasteiger charge is -2.38. The smallest absolute Gasteiger partial charge is 0.132 e. The Morgan fingerprint density at radius 3 is 2.44 bits per heavy atom. The minimum absolute atomic E-state index is 0.175. The van der Waals surface area contributed by atoms with Crippen molar-refractivity contribution in [1.82, 2.24) is 0 Å². The second kappa shape index (κ2) is 3.96. The van der Waals surface area contributed by atoms with Crippen LogP contribution in [0.1, 0.15) is 6.42 Å². The molecule has 2 atom stereocenters. The number of hydrogen-bond donors (Lipinski definition) is 1. The van der Waals surface area contributed by atoms with Crippen LogP contribution in [0.3, 0.4) is 0 Å². The molecule has 1 aromatic carbocycles. The molecule has 4 heteroatoms. The van der Waals surface area contributed by atoms with Crippen LogP contribution in [0.15, 0.2) is 24.3 Å². The SMILES string of the molecule is Oc1ccc(N(CC2CO2)C2CCO2)cc1. The number of anilines is 1. The average Bonchev–Trinajstić information content (AvgIpc) is 2.99. The fourth-order valence-electron chi connectivity index (χ4n) is 1.90. The zero-order valence-electron chi connectivity index (χ0n) is 9.00. The van der Waals surface area contributed by atoms with Crippen molar-refractivity contribution in [1.29, 1.82) is 0 Å². The molecule has 1 N–H and O–H groups in total. The largest absolute Gasteiger partial charge is 0.508 e. The Hall–Kier alpha value is -1.26. The van der Waals surface area contributed by atoms with Gasteiger partial charge < -0.3 is 19.5 Å². The first-order valence-electron chi connectivity index (χ1n) is 5.62. The predicted molar refractivity (Wildman–Crippen MR) is 59.5 cm³/mol. The molecule has 2 aliphatic rings. The maximum absolute atomic E-state index is 9.27. The fraction of sp³-hybridized carbons (Fsp3) is 0.500. The van der Waals surface area contributed by atoms with E-state index in [4.69, 9.17) is 9.47 Å². The minimum Gasteiger partial charge on any atom is -0.508 e. The number of aromatic hydroxyl groups is 1. The van der Waals surface area contributed by atoms with Gasteiger partial charge in [-0.15, -0.1) is 0 Å². The second-order valence-corrected chi connectivity index (χ2v) is 4.24. The third kappa shape index (κ3) is 1.99. The zero-order chi connectivity index (χ0) is 11.0. The number of phenols is 1. The molecular weight excluding hydrogens is 206 g/mol. The van der Waals surface area contributed by atoms with Gasteiger partial charge in [0.2, 0.25) is 0 Å². The number of hydrogen-bond acceptors (Lipinski definition) is 4. The van der Waals surface area contributed by atoms with Crippen LogP contribution >= 0.6 is 0 Å². The molecule has 0 spiro atoms. The molecule has 2 heterocycles. The molecule has 86 valence electrons. The molecular formula is C12H15NO3. The number of phenolic OH excluding ortho intramolecular Hbond substituents is 1. The Morgan fingerprint density at radius 1 is 1.25 bits per heavy atom. The summed E-state index contributed by atoms with van der Waals surface area (Å²) in [5.41, 5.74) is 1.08. The molecule has 0 aliphatic carbocycles. The first-order chi connectivity index (χ1) is 7.83. The fourth-order valence-corrected chi connectivity index (χ4v) is 1.90. The van der Waals surface area contributed by atoms with Crippen molar-refractivity contribution in [2.24, 2.45) is 0 Å². The van der Waals surface area contributed by atoms with Crippen molar-refractivity contribution in [2.75, 3.05) is 24.7 Å². The predicted octanol–water partition coefficient (Wildman–Crippen LogP) is 1.34. The highest BCUT2D eigenvalue weighted by atomic mass is 16.6. The topological polar surface area (TPSA) is 45.2 Å². The van der Waals surface area contributed by atoms with Crippen LogP contribution in [-0.2, 0) is 9.47 Å². The summed E-state index contributed by atoms with van der Waals surface area (Å²) in [5, 5.41) is 9.27. The van der Waals surface area contributed by atoms with Gasteiger partial charge in [-0.2, -0.15) is 0 Å². The van der Waals surface area contributed by atoms with Gasteiger partial charge in [-0.25, -0.2) is 0 Å². The lowest BCUT2D eigenvalue weighted by Crippen LogP contribution is -2.46. The number of benzene rings is 1. The monoisotopic (exact) mass is 221 g/mol. The van der Waals surface area contributed by atoms with Gasteiger partial charge in [0, 0.05) is 18.7 Å². The summed E-state index contributed by atoms with van der Waals surface area (Å²) in [6.07, 6.45) is 1.58. The molecule has 2 saturated heterocycles. The van der Waals surface area contributed by atoms with E-state index in [2.05, 4.69) is 4.90 Å². The Labute approximate surface area is 94.4 Å². The van der Waals surface area contributed by atoms with Gasteiger partial charge >= 0.3 is 0 Å². The van der Waals surface area contributed by atoms with Crippen molar-refractivity contribution in [3.05, 3.63) is 24.3 Å². The first-order valence-corrected chi connectivity index (χ1v) is 5.62. The lowest BCUT2D eigenvalue weighted by atomic mass is 10.2. The molecule has 16 heavy (non-hydrogen) atoms. The highest BCUT2D eigenvalue weighted by Crippen LogP contribution is 2.27. The molecule has 0 bridgehead atoms. The summed E-state index contributed by atoms with van der Waals surface area (Å²) in [5.74, 6) is 0.292. The maximum Gasteiger partial charge on any atom is 0.132 e. The lowest BCUT2D eigenvalue weighted by molar-refractivity contribution is -0.0516. The number of rotatable bonds is 4. The Bertz CT molecular complexity index is 357. The molecule has 3 rings (SSSR count). The summed E-state index contributed by atoms with van der Waals surface area (Å²) >= 11 is 0. The summed E-state index contributed by atoms with van der Waals surface area (Å²) < 4.78 is 10.8. The van der Waals surface area contributed by atoms with Crippen molar-refractivity contribution in [2.45, 2.75) is 18.8 Å². The molecule has 0 amide bonds. The van der Waals surface area contributed by atoms with Gasteiger partial charge in [0.1, 0.15) is 12.0 Å². The van der Waals surface area contributed by atoms with Gasteiger partial charge in [-0.3, -0.25) is 0 Å². The normalized spacial score (nSPS) is 27.2. The standard InChI is InChI=1S/C12H15NO3/c14-10-3-1-9(2-4-10)13(7-11-8-16-11)12-5-6-15-12/h1-4,11-12,14H,5-8H2. The number of epoxide rings is 1. The van der Waals surface area contributed by atoms with Crippen LogP contribution in [0.25, 0.3) is 0 Å². The second-order valence-electron chi connectivity index (χ2n) is 4.24. The van der Waals surface area contributed by atoms with E-state index in [1.54, 1.807) is 12.1 Å². The Morgan fingerprint density at radius 2 is 1.94 bits per heavy atom. The molecule has 2 fully saturated rings. The third-order valence-corrected chi connectivity index (χ3v) is 3.01. The maximum atomic E-state index is 9.27. The van der Waals surface area contributed by atoms with Gasteiger partial charge in [0.25, 0.3) is 0 Å². The van der Waals surface area contributed by atoms with Crippen LogP contribution in [-0.4, -0.2) is 37.2 Å². The molecule has 0 aromatic heterocycles. The molecule has 2 aliphatic heterocycles. The molecule has 2 unspecified atom stereocenters. The van der Waals surface area contributed by atoms with Crippen molar-refractivity contribution in [3.63, 3.8) is 0 Å². The van der Waals surface area contributed by atoms with E-state index in [9.17, 15) is 5.11 Å². The third-order valence-electron chi connectivity index (χ3n) is 3.01. The number of nitrogens with zero attached hydrogens (tertiary/aromatic N) is 1. The highest BCUT2D eigenvalue weighted by Gasteiger charge is 2.32. The highest BCUT2D eigenvalue weighted by molar-refractivity contribution is 5.49. The van der Waals surface area contributed by atoms with Crippen LogP contribution < -0.4 is 4.90 Å². The molecule has 0 radical (unpaired) electrons. The van der Waals surface area contributed by atoms with E-state index < -0.39 is 0 Å². The Balaban J connectivity index is 1.76. The minimum atomic E-state index is 0.175. The summed E-state index contributed by atoms with van der Waals surface area (Å²) in [6, 6.07) is 7.24. The Kier molecular flexibility index (Phi) is 2.46. The van der Waals surface area contributed by atoms with E-state index in [0.29, 0.717) is 11.9 Å². The van der Waals surface area contributed by atoms with Gasteiger partial charge in [0.05, 0.1) is 19.3 Å². The van der Waals surface area contributed by atoms with Crippen LogP contribution in [0, 0.1) is 0 Å². The quantitative estimate of drug-likeness (QED) is 0.779. The van der Waals surface area contributed by atoms with Crippen molar-refractivity contribution in [3.8, 4) is 5.75 Å². The number of ether oxygens (including phenoxy) is 2. The van der Waals surface area contributed by atoms with Crippen molar-refractivity contribution < 1.29 is 14.6 Å². The van der Waals surface area contributed by atoms with E-state index in [1.165, 1.54) is 0 Å². The van der Waals surface area contributed by atoms with Gasteiger partial charge in [-0.1, -0.05) is 0 Å². The van der Waals surface area contributed by atoms with Crippen LogP contribution in [0.2, 0.25) is 0 Å². The van der Waals surface area contributed by atoms with Gasteiger partial charge in [-0.05, 0) is 24.3 Å². The zero-order valence-corrected chi connectivity index (χ0v) is 9.00. The van der Waals surface area contributed by atoms with Crippen LogP contribution in [0.5, 0.6) is 5.75 Å². The summed E-state index contributed by atoms with van der Waals surface area (Å²) in [7, 11) is 0. The van der Waals surface area contributed by atoms with E-state index in [-0.39, 0.29) is 6.23 Å². The first kappa shape index (κ1) is 9.93. The van der Waals surface area contributed by atoms with E-state index in [1.807, 2.05) is 12.1 Å². The average molecular weight is 221 g/mol. The van der Waals surface area contributed by atoms with Gasteiger partial charge in [0.15, 0.2) is 0 Å². The van der Waals surface area contributed by atoms with E-state index >= 15 is 0 Å². The van der Waals surface area contributed by atoms with Crippen molar-refractivity contribution >= 4 is 5.69 Å². The summed E-state index contributed by atoms with van der Waals surface area (Å²) in [4.78, 5) is 2.21. The molecule has 0 saturated carbocycles. The van der Waals surface area contributed by atoms with E-state index in [0.717, 1.165) is 31.9 Å². The molecule has 4 nitrogen and oxygen atoms in total. The molecule has 1 aromatic rings. The van der Waals surface area contributed by atoms with Crippen LogP contribution in [0.4, 0.5) is 5.69 Å². The summed E-state index contributed by atoms with van der Waals surface area (Å²) in [6.45, 7) is 2.56.